The molecule has 3 aromatic carbocycles. The lowest BCUT2D eigenvalue weighted by atomic mass is 10.0. The molecule has 1 fully saturated rings. The summed E-state index contributed by atoms with van der Waals surface area (Å²) in [4.78, 5) is 36.0. The summed E-state index contributed by atoms with van der Waals surface area (Å²) in [6.45, 7) is 4.76. The minimum atomic E-state index is -0.104. The molecule has 2 N–H and O–H groups in total. The van der Waals surface area contributed by atoms with Crippen molar-refractivity contribution in [3.8, 4) is 5.82 Å². The fourth-order valence-corrected chi connectivity index (χ4v) is 5.95. The lowest BCUT2D eigenvalue weighted by Gasteiger charge is -2.44. The predicted octanol–water partition coefficient (Wildman–Crippen LogP) is 5.58. The van der Waals surface area contributed by atoms with Gasteiger partial charge in [-0.25, -0.2) is 14.8 Å². The van der Waals surface area contributed by atoms with E-state index in [1.54, 1.807) is 12.5 Å². The number of hydrogen-bond donors (Lipinski definition) is 2. The molecule has 1 aliphatic heterocycles. The first kappa shape index (κ1) is 27.5. The molecule has 2 atom stereocenters. The van der Waals surface area contributed by atoms with Crippen LogP contribution in [0, 0.1) is 0 Å². The van der Waals surface area contributed by atoms with Crippen LogP contribution in [0.15, 0.2) is 110 Å². The monoisotopic (exact) mass is 583 g/mol. The number of nitrogens with one attached hydrogen (secondary N) is 2. The van der Waals surface area contributed by atoms with Gasteiger partial charge in [0.15, 0.2) is 0 Å². The second-order valence-corrected chi connectivity index (χ2v) is 11.1. The van der Waals surface area contributed by atoms with E-state index in [0.717, 1.165) is 46.4 Å². The number of benzene rings is 3. The Morgan fingerprint density at radius 2 is 1.73 bits per heavy atom. The molecule has 0 spiro atoms. The Balaban J connectivity index is 1.12. The zero-order valence-corrected chi connectivity index (χ0v) is 24.4. The molecule has 0 bridgehead atoms. The van der Waals surface area contributed by atoms with Gasteiger partial charge in [0.2, 0.25) is 5.95 Å². The number of para-hydroxylation sites is 2. The van der Waals surface area contributed by atoms with Gasteiger partial charge < -0.3 is 15.5 Å². The fraction of sp³-hybridized carbons (Fsp3) is 0.206. The minimum Gasteiger partial charge on any atom is -0.350 e. The molecule has 3 aromatic heterocycles. The first-order valence-corrected chi connectivity index (χ1v) is 14.8. The van der Waals surface area contributed by atoms with E-state index < -0.39 is 0 Å². The number of imidazole rings is 1. The molecule has 1 saturated heterocycles. The smallest absolute Gasteiger partial charge is 0.321 e. The van der Waals surface area contributed by atoms with Gasteiger partial charge in [0.25, 0.3) is 0 Å². The van der Waals surface area contributed by atoms with Crippen LogP contribution in [0.4, 0.5) is 16.4 Å². The summed E-state index contributed by atoms with van der Waals surface area (Å²) in [6.07, 6.45) is 7.17. The normalized spacial score (nSPS) is 16.2. The van der Waals surface area contributed by atoms with Gasteiger partial charge in [-0.05, 0) is 54.3 Å². The molecule has 2 amide bonds. The number of aromatic nitrogens is 5. The summed E-state index contributed by atoms with van der Waals surface area (Å²) in [5, 5.41) is 8.83. The third-order valence-corrected chi connectivity index (χ3v) is 8.26. The van der Waals surface area contributed by atoms with E-state index in [9.17, 15) is 4.79 Å². The summed E-state index contributed by atoms with van der Waals surface area (Å²) >= 11 is 0. The number of nitrogens with zero attached hydrogens (tertiary/aromatic N) is 7. The molecule has 220 valence electrons. The van der Waals surface area contributed by atoms with Gasteiger partial charge in [-0.3, -0.25) is 14.5 Å². The molecular weight excluding hydrogens is 550 g/mol. The summed E-state index contributed by atoms with van der Waals surface area (Å²) in [6, 6.07) is 27.8. The molecule has 0 saturated carbocycles. The molecule has 4 heterocycles. The van der Waals surface area contributed by atoms with E-state index in [1.165, 1.54) is 5.56 Å². The summed E-state index contributed by atoms with van der Waals surface area (Å²) in [5.74, 6) is 1.26. The van der Waals surface area contributed by atoms with Crippen LogP contribution in [0.5, 0.6) is 0 Å². The van der Waals surface area contributed by atoms with Gasteiger partial charge in [0.05, 0.1) is 16.7 Å². The summed E-state index contributed by atoms with van der Waals surface area (Å²) in [7, 11) is 0. The Labute approximate surface area is 255 Å². The van der Waals surface area contributed by atoms with Crippen molar-refractivity contribution in [1.29, 1.82) is 0 Å². The number of anilines is 2. The number of carbonyl (C=O) groups excluding carboxylic acids is 1. The van der Waals surface area contributed by atoms with Crippen molar-refractivity contribution >= 4 is 39.5 Å². The molecule has 2 unspecified atom stereocenters. The Morgan fingerprint density at radius 1 is 0.909 bits per heavy atom. The van der Waals surface area contributed by atoms with Crippen LogP contribution < -0.4 is 10.6 Å². The second-order valence-electron chi connectivity index (χ2n) is 11.1. The van der Waals surface area contributed by atoms with Gasteiger partial charge >= 0.3 is 6.03 Å². The van der Waals surface area contributed by atoms with E-state index >= 15 is 0 Å². The van der Waals surface area contributed by atoms with Gasteiger partial charge in [0.1, 0.15) is 12.1 Å². The van der Waals surface area contributed by atoms with Crippen molar-refractivity contribution in [2.24, 2.45) is 0 Å². The highest BCUT2D eigenvalue weighted by Crippen LogP contribution is 2.25. The lowest BCUT2D eigenvalue weighted by molar-refractivity contribution is 0.0801. The largest absolute Gasteiger partial charge is 0.350 e. The minimum absolute atomic E-state index is 0.00323. The van der Waals surface area contributed by atoms with Crippen molar-refractivity contribution in [3.05, 3.63) is 115 Å². The Morgan fingerprint density at radius 3 is 2.64 bits per heavy atom. The van der Waals surface area contributed by atoms with Crippen LogP contribution >= 0.6 is 0 Å². The predicted molar refractivity (Wildman–Crippen MR) is 173 cm³/mol. The first-order valence-electron chi connectivity index (χ1n) is 14.8. The average Bonchev–Trinajstić information content (AvgIpc) is 3.50. The number of amides is 2. The Hall–Kier alpha value is -5.35. The first-order chi connectivity index (χ1) is 21.6. The molecule has 10 heteroatoms. The maximum atomic E-state index is 13.6. The highest BCUT2D eigenvalue weighted by Gasteiger charge is 2.33. The van der Waals surface area contributed by atoms with E-state index in [-0.39, 0.29) is 18.1 Å². The fourth-order valence-electron chi connectivity index (χ4n) is 5.95. The molecule has 0 aliphatic carbocycles. The van der Waals surface area contributed by atoms with E-state index in [1.807, 2.05) is 94.7 Å². The highest BCUT2D eigenvalue weighted by atomic mass is 16.2. The summed E-state index contributed by atoms with van der Waals surface area (Å²) in [5.41, 5.74) is 3.88. The number of rotatable bonds is 7. The molecule has 44 heavy (non-hydrogen) atoms. The van der Waals surface area contributed by atoms with Crippen LogP contribution in [0.2, 0.25) is 0 Å². The Kier molecular flexibility index (Phi) is 7.56. The third-order valence-electron chi connectivity index (χ3n) is 8.26. The maximum Gasteiger partial charge on any atom is 0.321 e. The average molecular weight is 584 g/mol. The van der Waals surface area contributed by atoms with Crippen molar-refractivity contribution in [1.82, 2.24) is 34.3 Å². The maximum absolute atomic E-state index is 13.6. The van der Waals surface area contributed by atoms with Crippen molar-refractivity contribution < 1.29 is 4.79 Å². The molecular formula is C34H33N9O. The Bertz CT molecular complexity index is 1900. The molecule has 0 radical (unpaired) electrons. The van der Waals surface area contributed by atoms with Gasteiger partial charge in [-0.2, -0.15) is 4.98 Å². The number of fused-ring (bicyclic) bond motifs is 2. The van der Waals surface area contributed by atoms with Crippen molar-refractivity contribution in [2.45, 2.75) is 25.6 Å². The SMILES string of the molecule is CC(Nc1nccc(-n2cnc3ccccc32)n1)C1CN(C(=O)Nc2cccc3ccccc23)CCN1Cc1ccncc1. The number of urea groups is 1. The van der Waals surface area contributed by atoms with Crippen LogP contribution in [0.3, 0.4) is 0 Å². The van der Waals surface area contributed by atoms with Crippen molar-refractivity contribution in [3.63, 3.8) is 0 Å². The zero-order chi connectivity index (χ0) is 29.9. The number of piperazine rings is 1. The summed E-state index contributed by atoms with van der Waals surface area (Å²) < 4.78 is 1.96. The van der Waals surface area contributed by atoms with Gasteiger partial charge in [-0.1, -0.05) is 48.5 Å². The van der Waals surface area contributed by atoms with E-state index in [0.29, 0.717) is 19.0 Å². The van der Waals surface area contributed by atoms with Crippen LogP contribution in [-0.2, 0) is 6.54 Å². The molecule has 10 nitrogen and oxygen atoms in total. The molecule has 1 aliphatic rings. The molecule has 7 rings (SSSR count). The van der Waals surface area contributed by atoms with E-state index in [2.05, 4.69) is 49.5 Å². The molecule has 6 aromatic rings. The lowest BCUT2D eigenvalue weighted by Crippen LogP contribution is -2.60. The number of carbonyl (C=O) groups is 1. The van der Waals surface area contributed by atoms with Crippen LogP contribution in [-0.4, -0.2) is 72.1 Å². The van der Waals surface area contributed by atoms with Gasteiger partial charge in [0, 0.05) is 62.2 Å². The quantitative estimate of drug-likeness (QED) is 0.253. The van der Waals surface area contributed by atoms with E-state index in [4.69, 9.17) is 4.98 Å². The topological polar surface area (TPSA) is 104 Å². The highest BCUT2D eigenvalue weighted by molar-refractivity contribution is 6.01. The van der Waals surface area contributed by atoms with Crippen LogP contribution in [0.1, 0.15) is 12.5 Å². The number of pyridine rings is 1. The van der Waals surface area contributed by atoms with Crippen molar-refractivity contribution in [2.75, 3.05) is 30.3 Å². The van der Waals surface area contributed by atoms with Crippen LogP contribution in [0.25, 0.3) is 27.6 Å². The third kappa shape index (κ3) is 5.67. The standard InChI is InChI=1S/C34H33N9O/c1-24(38-33-36-18-15-32(40-33)43-23-37-29-10-4-5-12-30(29)43)31-22-42(20-19-41(31)21-25-13-16-35-17-14-25)34(44)39-28-11-6-8-26-7-2-3-9-27(26)28/h2-18,23-24,31H,19-22H2,1H3,(H,39,44)(H,36,38,40). The zero-order valence-electron chi connectivity index (χ0n) is 24.4. The van der Waals surface area contributed by atoms with Gasteiger partial charge in [-0.15, -0.1) is 0 Å². The number of hydrogen-bond acceptors (Lipinski definition) is 7. The second kappa shape index (κ2) is 12.1.